The van der Waals surface area contributed by atoms with Crippen molar-refractivity contribution >= 4 is 0 Å². The minimum absolute atomic E-state index is 0.0545. The highest BCUT2D eigenvalue weighted by molar-refractivity contribution is 5.02. The molecule has 3 heterocycles. The maximum Gasteiger partial charge on any atom is 0.330 e. The van der Waals surface area contributed by atoms with Gasteiger partial charge in [0.25, 0.3) is 5.56 Å². The third-order valence-corrected chi connectivity index (χ3v) is 3.60. The SMILES string of the molecule is [2H]C[C@@]12CO[C@@H]([C@H](n3ccc(=O)[nH]c3=O)O1)[C@@H]2C. The second-order valence-corrected chi connectivity index (χ2v) is 4.65. The van der Waals surface area contributed by atoms with E-state index in [1.54, 1.807) is 0 Å². The van der Waals surface area contributed by atoms with Gasteiger partial charge in [-0.05, 0) is 6.90 Å². The van der Waals surface area contributed by atoms with Gasteiger partial charge >= 0.3 is 5.69 Å². The molecule has 4 atom stereocenters. The fraction of sp³-hybridized carbons (Fsp3) is 0.636. The minimum Gasteiger partial charge on any atom is -0.370 e. The van der Waals surface area contributed by atoms with Crippen molar-refractivity contribution < 1.29 is 10.8 Å². The molecule has 0 radical (unpaired) electrons. The standard InChI is InChI=1S/C11H14N2O4/c1-6-8-9(17-11(6,2)5-16-8)13-4-3-7(14)12-10(13)15/h3-4,6,8-9H,5H2,1-2H3,(H,12,14,15)/t6-,8+,9+,11-/m0/s1/i2D. The van der Waals surface area contributed by atoms with Crippen molar-refractivity contribution in [1.82, 2.24) is 9.55 Å². The Balaban J connectivity index is 2.01. The average molecular weight is 239 g/mol. The quantitative estimate of drug-likeness (QED) is 0.740. The third kappa shape index (κ3) is 1.41. The molecule has 1 N–H and O–H groups in total. The summed E-state index contributed by atoms with van der Waals surface area (Å²) in [5.74, 6) is 0.0545. The number of H-pyrrole nitrogens is 1. The predicted octanol–water partition coefficient (Wildman–Crippen LogP) is -0.141. The van der Waals surface area contributed by atoms with Crippen molar-refractivity contribution in [3.8, 4) is 0 Å². The Morgan fingerprint density at radius 1 is 1.65 bits per heavy atom. The van der Waals surface area contributed by atoms with Crippen LogP contribution in [-0.4, -0.2) is 27.9 Å². The molecule has 0 aliphatic carbocycles. The van der Waals surface area contributed by atoms with E-state index < -0.39 is 23.1 Å². The van der Waals surface area contributed by atoms with Gasteiger partial charge in [0.2, 0.25) is 0 Å². The second kappa shape index (κ2) is 3.30. The van der Waals surface area contributed by atoms with Crippen LogP contribution in [0.4, 0.5) is 0 Å². The molecule has 6 heteroatoms. The Morgan fingerprint density at radius 3 is 3.12 bits per heavy atom. The van der Waals surface area contributed by atoms with E-state index in [1.165, 1.54) is 16.8 Å². The second-order valence-electron chi connectivity index (χ2n) is 4.65. The highest BCUT2D eigenvalue weighted by Crippen LogP contribution is 2.47. The van der Waals surface area contributed by atoms with Crippen molar-refractivity contribution in [2.75, 3.05) is 6.61 Å². The normalized spacial score (nSPS) is 40.5. The number of hydrogen-bond donors (Lipinski definition) is 1. The molecule has 0 spiro atoms. The number of ether oxygens (including phenoxy) is 2. The maximum atomic E-state index is 11.7. The van der Waals surface area contributed by atoms with Gasteiger partial charge in [-0.15, -0.1) is 0 Å². The molecule has 17 heavy (non-hydrogen) atoms. The van der Waals surface area contributed by atoms with Gasteiger partial charge in [0.05, 0.1) is 12.2 Å². The van der Waals surface area contributed by atoms with Gasteiger partial charge in [0, 0.05) is 19.6 Å². The summed E-state index contributed by atoms with van der Waals surface area (Å²) in [5.41, 5.74) is -1.59. The first-order valence-corrected chi connectivity index (χ1v) is 5.47. The summed E-state index contributed by atoms with van der Waals surface area (Å²) in [5, 5.41) is 0. The summed E-state index contributed by atoms with van der Waals surface area (Å²) >= 11 is 0. The van der Waals surface area contributed by atoms with Crippen LogP contribution in [0.2, 0.25) is 0 Å². The van der Waals surface area contributed by atoms with Gasteiger partial charge in [0.1, 0.15) is 6.10 Å². The average Bonchev–Trinajstić information content (AvgIpc) is 2.81. The van der Waals surface area contributed by atoms with Crippen LogP contribution < -0.4 is 11.2 Å². The molecule has 1 aromatic rings. The monoisotopic (exact) mass is 239 g/mol. The maximum absolute atomic E-state index is 11.7. The Kier molecular flexibility index (Phi) is 1.87. The summed E-state index contributed by atoms with van der Waals surface area (Å²) in [6.45, 7) is 2.44. The Hall–Kier alpha value is -1.40. The lowest BCUT2D eigenvalue weighted by Gasteiger charge is -2.28. The van der Waals surface area contributed by atoms with Crippen LogP contribution in [0.1, 0.15) is 21.4 Å². The highest BCUT2D eigenvalue weighted by Gasteiger charge is 2.57. The molecule has 0 amide bonds. The van der Waals surface area contributed by atoms with Crippen LogP contribution in [0.25, 0.3) is 0 Å². The number of nitrogens with one attached hydrogen (secondary N) is 1. The van der Waals surface area contributed by atoms with Crippen LogP contribution in [0.15, 0.2) is 21.9 Å². The first-order valence-electron chi connectivity index (χ1n) is 6.18. The van der Waals surface area contributed by atoms with E-state index in [9.17, 15) is 9.59 Å². The summed E-state index contributed by atoms with van der Waals surface area (Å²) in [7, 11) is 0. The van der Waals surface area contributed by atoms with Crippen molar-refractivity contribution in [3.63, 3.8) is 0 Å². The summed E-state index contributed by atoms with van der Waals surface area (Å²) in [4.78, 5) is 24.9. The first kappa shape index (κ1) is 9.61. The molecule has 2 saturated heterocycles. The van der Waals surface area contributed by atoms with Crippen LogP contribution in [0, 0.1) is 5.92 Å². The summed E-state index contributed by atoms with van der Waals surface area (Å²) in [6, 6.07) is 1.27. The van der Waals surface area contributed by atoms with E-state index in [2.05, 4.69) is 4.98 Å². The van der Waals surface area contributed by atoms with Gasteiger partial charge in [-0.25, -0.2) is 4.79 Å². The van der Waals surface area contributed by atoms with Crippen molar-refractivity contribution in [1.29, 1.82) is 0 Å². The van der Waals surface area contributed by atoms with Crippen LogP contribution >= 0.6 is 0 Å². The number of aromatic nitrogens is 2. The smallest absolute Gasteiger partial charge is 0.330 e. The van der Waals surface area contributed by atoms with E-state index in [-0.39, 0.29) is 18.9 Å². The number of rotatable bonds is 1. The predicted molar refractivity (Wildman–Crippen MR) is 58.8 cm³/mol. The van der Waals surface area contributed by atoms with Crippen LogP contribution in [0.5, 0.6) is 0 Å². The van der Waals surface area contributed by atoms with Crippen molar-refractivity contribution in [3.05, 3.63) is 33.1 Å². The number of hydrogen-bond acceptors (Lipinski definition) is 4. The van der Waals surface area contributed by atoms with Gasteiger partial charge in [-0.1, -0.05) is 6.92 Å². The fourth-order valence-corrected chi connectivity index (χ4v) is 2.43. The molecular weight excluding hydrogens is 224 g/mol. The molecule has 0 unspecified atom stereocenters. The van der Waals surface area contributed by atoms with Gasteiger partial charge in [-0.2, -0.15) is 0 Å². The molecule has 2 aliphatic rings. The summed E-state index contributed by atoms with van der Waals surface area (Å²) in [6.07, 6.45) is 0.586. The molecule has 2 bridgehead atoms. The first-order chi connectivity index (χ1) is 8.57. The topological polar surface area (TPSA) is 73.3 Å². The zero-order valence-electron chi connectivity index (χ0n) is 10.4. The highest BCUT2D eigenvalue weighted by atomic mass is 16.6. The van der Waals surface area contributed by atoms with Gasteiger partial charge in [0.15, 0.2) is 6.23 Å². The Labute approximate surface area is 98.6 Å². The Bertz CT molecular complexity index is 583. The van der Waals surface area contributed by atoms with E-state index in [4.69, 9.17) is 10.8 Å². The number of aromatic amines is 1. The molecule has 3 rings (SSSR count). The molecule has 2 aliphatic heterocycles. The lowest BCUT2D eigenvalue weighted by molar-refractivity contribution is -0.166. The number of fused-ring (bicyclic) bond motifs is 2. The van der Waals surface area contributed by atoms with Gasteiger partial charge in [-0.3, -0.25) is 14.3 Å². The van der Waals surface area contributed by atoms with Crippen molar-refractivity contribution in [2.24, 2.45) is 5.92 Å². The third-order valence-electron chi connectivity index (χ3n) is 3.60. The van der Waals surface area contributed by atoms with Crippen LogP contribution in [0.3, 0.4) is 0 Å². The largest absolute Gasteiger partial charge is 0.370 e. The van der Waals surface area contributed by atoms with Crippen LogP contribution in [-0.2, 0) is 9.47 Å². The molecule has 0 aromatic carbocycles. The lowest BCUT2D eigenvalue weighted by Crippen LogP contribution is -2.39. The zero-order valence-corrected chi connectivity index (χ0v) is 9.38. The number of nitrogens with zero attached hydrogens (tertiary/aromatic N) is 1. The molecular formula is C11H14N2O4. The molecule has 6 nitrogen and oxygen atoms in total. The fourth-order valence-electron chi connectivity index (χ4n) is 2.43. The van der Waals surface area contributed by atoms with E-state index in [0.29, 0.717) is 6.61 Å². The molecule has 1 aromatic heterocycles. The van der Waals surface area contributed by atoms with Gasteiger partial charge < -0.3 is 9.47 Å². The van der Waals surface area contributed by atoms with E-state index in [1.807, 2.05) is 6.92 Å². The summed E-state index contributed by atoms with van der Waals surface area (Å²) < 4.78 is 20.4. The van der Waals surface area contributed by atoms with E-state index >= 15 is 0 Å². The van der Waals surface area contributed by atoms with Crippen molar-refractivity contribution in [2.45, 2.75) is 31.8 Å². The minimum atomic E-state index is -0.634. The lowest BCUT2D eigenvalue weighted by atomic mass is 9.93. The molecule has 0 saturated carbocycles. The van der Waals surface area contributed by atoms with E-state index in [0.717, 1.165) is 0 Å². The zero-order chi connectivity index (χ0) is 12.9. The molecule has 2 fully saturated rings. The Morgan fingerprint density at radius 2 is 2.47 bits per heavy atom. The molecule has 92 valence electrons.